The highest BCUT2D eigenvalue weighted by atomic mass is 19.1. The van der Waals surface area contributed by atoms with Crippen LogP contribution in [0.25, 0.3) is 0 Å². The predicted octanol–water partition coefficient (Wildman–Crippen LogP) is 2.88. The van der Waals surface area contributed by atoms with Crippen molar-refractivity contribution < 1.29 is 28.2 Å². The smallest absolute Gasteiger partial charge is 0.410 e. The van der Waals surface area contributed by atoms with Crippen LogP contribution >= 0.6 is 0 Å². The Bertz CT molecular complexity index is 760. The topological polar surface area (TPSA) is 88.9 Å². The van der Waals surface area contributed by atoms with Crippen LogP contribution in [0.4, 0.5) is 9.18 Å². The van der Waals surface area contributed by atoms with Gasteiger partial charge in [-0.3, -0.25) is 4.79 Å². The highest BCUT2D eigenvalue weighted by Gasteiger charge is 2.54. The van der Waals surface area contributed by atoms with Crippen molar-refractivity contribution in [3.05, 3.63) is 29.6 Å². The summed E-state index contributed by atoms with van der Waals surface area (Å²) < 4.78 is 29.7. The molecule has 1 heterocycles. The lowest BCUT2D eigenvalue weighted by atomic mass is 9.80. The van der Waals surface area contributed by atoms with E-state index in [2.05, 4.69) is 0 Å². The molecule has 1 aliphatic rings. The van der Waals surface area contributed by atoms with E-state index < -0.39 is 28.9 Å². The van der Waals surface area contributed by atoms with E-state index in [1.807, 2.05) is 0 Å². The van der Waals surface area contributed by atoms with Crippen LogP contribution in [-0.2, 0) is 14.3 Å². The molecule has 146 valence electrons. The van der Waals surface area contributed by atoms with Gasteiger partial charge < -0.3 is 19.1 Å². The average Bonchev–Trinajstić information content (AvgIpc) is 2.52. The van der Waals surface area contributed by atoms with Crippen LogP contribution < -0.4 is 4.74 Å². The number of hydrogen-bond acceptors (Lipinski definition) is 6. The van der Waals surface area contributed by atoms with Gasteiger partial charge in [-0.1, -0.05) is 0 Å². The Morgan fingerprint density at radius 2 is 2.00 bits per heavy atom. The zero-order chi connectivity index (χ0) is 20.2. The Balaban J connectivity index is 2.06. The number of nitrogens with zero attached hydrogens (tertiary/aromatic N) is 2. The van der Waals surface area contributed by atoms with E-state index in [0.717, 1.165) is 6.07 Å². The number of ether oxygens (including phenoxy) is 3. The maximum absolute atomic E-state index is 13.7. The van der Waals surface area contributed by atoms with Gasteiger partial charge in [0.25, 0.3) is 0 Å². The van der Waals surface area contributed by atoms with Gasteiger partial charge in [-0.05, 0) is 39.8 Å². The monoisotopic (exact) mass is 378 g/mol. The molecule has 1 saturated heterocycles. The van der Waals surface area contributed by atoms with E-state index in [1.54, 1.807) is 33.8 Å². The molecule has 0 saturated carbocycles. The molecule has 1 aromatic carbocycles. The largest absolute Gasteiger partial charge is 0.492 e. The van der Waals surface area contributed by atoms with E-state index >= 15 is 0 Å². The van der Waals surface area contributed by atoms with Gasteiger partial charge in [-0.15, -0.1) is 0 Å². The fourth-order valence-electron chi connectivity index (χ4n) is 2.60. The number of likely N-dealkylation sites (tertiary alicyclic amines) is 1. The minimum Gasteiger partial charge on any atom is -0.492 e. The molecule has 1 amide bonds. The molecule has 0 aliphatic carbocycles. The predicted molar refractivity (Wildman–Crippen MR) is 93.5 cm³/mol. The second-order valence-electron chi connectivity index (χ2n) is 7.38. The molecule has 7 nitrogen and oxygen atoms in total. The highest BCUT2D eigenvalue weighted by Crippen LogP contribution is 2.34. The van der Waals surface area contributed by atoms with Crippen molar-refractivity contribution >= 4 is 12.1 Å². The lowest BCUT2D eigenvalue weighted by molar-refractivity contribution is -0.169. The average molecular weight is 378 g/mol. The number of halogens is 1. The second kappa shape index (κ2) is 7.82. The summed E-state index contributed by atoms with van der Waals surface area (Å²) in [5.41, 5.74) is -1.78. The first-order valence-corrected chi connectivity index (χ1v) is 8.58. The lowest BCUT2D eigenvalue weighted by Gasteiger charge is -2.47. The summed E-state index contributed by atoms with van der Waals surface area (Å²) in [6, 6.07) is 5.56. The fraction of sp³-hybridized carbons (Fsp3) is 0.526. The Morgan fingerprint density at radius 3 is 2.52 bits per heavy atom. The summed E-state index contributed by atoms with van der Waals surface area (Å²) in [7, 11) is 0. The molecule has 1 fully saturated rings. The summed E-state index contributed by atoms with van der Waals surface area (Å²) in [6.45, 7) is 7.23. The van der Waals surface area contributed by atoms with Crippen molar-refractivity contribution in [2.75, 3.05) is 26.3 Å². The quantitative estimate of drug-likeness (QED) is 0.732. The molecule has 0 aromatic heterocycles. The number of hydrogen-bond donors (Lipinski definition) is 0. The first-order valence-electron chi connectivity index (χ1n) is 8.58. The van der Waals surface area contributed by atoms with Crippen molar-refractivity contribution in [1.82, 2.24) is 4.90 Å². The number of rotatable bonds is 5. The number of carbonyl (C=O) groups is 2. The molecule has 1 aromatic rings. The van der Waals surface area contributed by atoms with Gasteiger partial charge in [-0.2, -0.15) is 5.26 Å². The van der Waals surface area contributed by atoms with Gasteiger partial charge in [-0.25, -0.2) is 9.18 Å². The van der Waals surface area contributed by atoms with Crippen molar-refractivity contribution in [3.8, 4) is 11.8 Å². The molecule has 0 N–H and O–H groups in total. The van der Waals surface area contributed by atoms with Crippen molar-refractivity contribution in [1.29, 1.82) is 5.26 Å². The van der Waals surface area contributed by atoms with Crippen molar-refractivity contribution in [2.24, 2.45) is 5.41 Å². The number of esters is 1. The zero-order valence-electron chi connectivity index (χ0n) is 15.9. The number of nitriles is 1. The Kier molecular flexibility index (Phi) is 5.94. The molecule has 27 heavy (non-hydrogen) atoms. The number of benzene rings is 1. The lowest BCUT2D eigenvalue weighted by Crippen LogP contribution is -2.65. The Morgan fingerprint density at radius 1 is 1.33 bits per heavy atom. The molecule has 0 unspecified atom stereocenters. The minimum atomic E-state index is -1.04. The van der Waals surface area contributed by atoms with Crippen LogP contribution in [0.15, 0.2) is 18.2 Å². The van der Waals surface area contributed by atoms with Gasteiger partial charge in [0.05, 0.1) is 12.2 Å². The molecule has 8 heteroatoms. The zero-order valence-corrected chi connectivity index (χ0v) is 15.9. The Labute approximate surface area is 157 Å². The Hall–Kier alpha value is -2.82. The maximum atomic E-state index is 13.7. The van der Waals surface area contributed by atoms with Crippen LogP contribution in [-0.4, -0.2) is 48.9 Å². The van der Waals surface area contributed by atoms with Crippen molar-refractivity contribution in [3.63, 3.8) is 0 Å². The van der Waals surface area contributed by atoms with E-state index in [-0.39, 0.29) is 37.6 Å². The first-order chi connectivity index (χ1) is 12.6. The SMILES string of the molecule is CCOC(=O)C1(COc2ccc(C#N)c(F)c2)CN(C(=O)OC(C)(C)C)C1. The van der Waals surface area contributed by atoms with Gasteiger partial charge in [0.2, 0.25) is 0 Å². The van der Waals surface area contributed by atoms with E-state index in [9.17, 15) is 14.0 Å². The van der Waals surface area contributed by atoms with Gasteiger partial charge in [0.1, 0.15) is 35.3 Å². The highest BCUT2D eigenvalue weighted by molar-refractivity contribution is 5.82. The fourth-order valence-corrected chi connectivity index (χ4v) is 2.60. The molecule has 2 rings (SSSR count). The number of amides is 1. The van der Waals surface area contributed by atoms with Gasteiger partial charge >= 0.3 is 12.1 Å². The third kappa shape index (κ3) is 4.88. The summed E-state index contributed by atoms with van der Waals surface area (Å²) in [5, 5.41) is 8.77. The molecule has 0 spiro atoms. The minimum absolute atomic E-state index is 0.0828. The van der Waals surface area contributed by atoms with Gasteiger partial charge in [0.15, 0.2) is 0 Å². The molecule has 0 bridgehead atoms. The van der Waals surface area contributed by atoms with Crippen LogP contribution in [0.2, 0.25) is 0 Å². The summed E-state index contributed by atoms with van der Waals surface area (Å²) in [4.78, 5) is 25.9. The second-order valence-corrected chi connectivity index (χ2v) is 7.38. The summed E-state index contributed by atoms with van der Waals surface area (Å²) in [5.74, 6) is -1.01. The van der Waals surface area contributed by atoms with Gasteiger partial charge in [0, 0.05) is 19.2 Å². The molecule has 1 aliphatic heterocycles. The molecule has 0 atom stereocenters. The van der Waals surface area contributed by atoms with Crippen LogP contribution in [0.3, 0.4) is 0 Å². The molecule has 0 radical (unpaired) electrons. The standard InChI is InChI=1S/C19H23FN2O5/c1-5-25-16(23)19(10-22(11-19)17(24)27-18(2,3)4)12-26-14-7-6-13(9-21)15(20)8-14/h6-8H,5,10-12H2,1-4H3. The molecular formula is C19H23FN2O5. The van der Waals surface area contributed by atoms with E-state index in [1.165, 1.54) is 17.0 Å². The summed E-state index contributed by atoms with van der Waals surface area (Å²) in [6.07, 6.45) is -0.521. The van der Waals surface area contributed by atoms with Crippen molar-refractivity contribution in [2.45, 2.75) is 33.3 Å². The van der Waals surface area contributed by atoms with Crippen LogP contribution in [0.1, 0.15) is 33.3 Å². The summed E-state index contributed by atoms with van der Waals surface area (Å²) >= 11 is 0. The van der Waals surface area contributed by atoms with Crippen LogP contribution in [0, 0.1) is 22.6 Å². The first kappa shape index (κ1) is 20.5. The third-order valence-electron chi connectivity index (χ3n) is 3.92. The normalized spacial score (nSPS) is 15.3. The maximum Gasteiger partial charge on any atom is 0.410 e. The van der Waals surface area contributed by atoms with Crippen LogP contribution in [0.5, 0.6) is 5.75 Å². The number of carbonyl (C=O) groups excluding carboxylic acids is 2. The van der Waals surface area contributed by atoms with E-state index in [4.69, 9.17) is 19.5 Å². The molecular weight excluding hydrogens is 355 g/mol. The van der Waals surface area contributed by atoms with E-state index in [0.29, 0.717) is 0 Å². The third-order valence-corrected chi connectivity index (χ3v) is 3.92.